The normalized spacial score (nSPS) is 28.2. The minimum atomic E-state index is -4.53. The van der Waals surface area contributed by atoms with Crippen molar-refractivity contribution in [3.63, 3.8) is 0 Å². The van der Waals surface area contributed by atoms with Crippen LogP contribution in [-0.4, -0.2) is 128 Å². The van der Waals surface area contributed by atoms with Gasteiger partial charge in [-0.15, -0.1) is 11.5 Å². The van der Waals surface area contributed by atoms with Crippen LogP contribution in [0.2, 0.25) is 0 Å². The molecule has 17 nitrogen and oxygen atoms in total. The predicted octanol–water partition coefficient (Wildman–Crippen LogP) is -6.70. The maximum absolute atomic E-state index is 11.8. The van der Waals surface area contributed by atoms with E-state index in [2.05, 4.69) is 25.3 Å². The molecule has 262 valence electrons. The Morgan fingerprint density at radius 3 is 1.82 bits per heavy atom. The third-order valence-electron chi connectivity index (χ3n) is 6.86. The standard InChI is InChI=1S/C17H23BN3O7P.C10H16BO7P.2Na/c1-24-11-14-15(28-29(22,23)25-2)16(17(18)27-14)26-10-13-9-21(20-19-13)8-12-6-4-3-5-7-12;1-4-5-16-9-8(18-19(12,13)15-3)7(6-14-2)17-10(9)11;;/h3-7,9,14-17H,8,10-11H2,1-2H3,(H,22,23);1,7-10H,5-6H2,2-3H3,(H,12,13);;/q;;2*+1/p-2/t14-,15+,16?,17-;7-,8+,9?,10-;;/m11../s1. The van der Waals surface area contributed by atoms with Crippen molar-refractivity contribution in [3.05, 3.63) is 47.8 Å². The molecule has 10 atom stereocenters. The molecule has 4 radical (unpaired) electrons. The van der Waals surface area contributed by atoms with Crippen molar-refractivity contribution in [3.8, 4) is 12.3 Å². The van der Waals surface area contributed by atoms with Gasteiger partial charge in [0.05, 0.1) is 32.6 Å². The number of nitrogens with zero attached hydrogens (tertiary/aromatic N) is 3. The van der Waals surface area contributed by atoms with E-state index in [9.17, 15) is 18.9 Å². The van der Waals surface area contributed by atoms with Gasteiger partial charge in [-0.3, -0.25) is 9.13 Å². The van der Waals surface area contributed by atoms with Gasteiger partial charge in [-0.2, -0.15) is 0 Å². The number of methoxy groups -OCH3 is 2. The van der Waals surface area contributed by atoms with Crippen LogP contribution < -0.4 is 68.9 Å². The fourth-order valence-electron chi connectivity index (χ4n) is 4.70. The summed E-state index contributed by atoms with van der Waals surface area (Å²) in [6.07, 6.45) is 1.70. The van der Waals surface area contributed by atoms with E-state index in [0.717, 1.165) is 19.8 Å². The largest absolute Gasteiger partial charge is 1.00 e. The number of hydrogen-bond acceptors (Lipinski definition) is 16. The van der Waals surface area contributed by atoms with Gasteiger partial charge in [-0.05, 0) is 5.56 Å². The van der Waals surface area contributed by atoms with E-state index in [1.165, 1.54) is 14.2 Å². The first-order valence-electron chi connectivity index (χ1n) is 14.4. The van der Waals surface area contributed by atoms with Crippen molar-refractivity contribution >= 4 is 31.3 Å². The zero-order chi connectivity index (χ0) is 35.3. The number of rotatable bonds is 17. The molecule has 2 aliphatic heterocycles. The second-order valence-corrected chi connectivity index (χ2v) is 13.2. The first kappa shape index (κ1) is 48.0. The Hall–Kier alpha value is 0.0299. The summed E-state index contributed by atoms with van der Waals surface area (Å²) in [6.45, 7) is 0.742. The number of aromatic nitrogens is 3. The number of phosphoric ester groups is 2. The van der Waals surface area contributed by atoms with E-state index in [4.69, 9.17) is 59.6 Å². The van der Waals surface area contributed by atoms with Crippen LogP contribution in [0.4, 0.5) is 0 Å². The Labute approximate surface area is 338 Å². The van der Waals surface area contributed by atoms with Crippen LogP contribution in [0.15, 0.2) is 36.5 Å². The molecule has 3 heterocycles. The van der Waals surface area contributed by atoms with Gasteiger partial charge < -0.3 is 56.3 Å². The molecule has 2 fully saturated rings. The molecule has 1 aromatic carbocycles. The van der Waals surface area contributed by atoms with Gasteiger partial charge >= 0.3 is 59.1 Å². The van der Waals surface area contributed by atoms with Gasteiger partial charge in [0.25, 0.3) is 15.6 Å². The number of benzene rings is 1. The second kappa shape index (κ2) is 23.7. The van der Waals surface area contributed by atoms with E-state index in [-0.39, 0.29) is 85.5 Å². The van der Waals surface area contributed by atoms with Crippen LogP contribution in [0.1, 0.15) is 11.3 Å². The molecule has 0 N–H and O–H groups in total. The topological polar surface area (TPSA) is 203 Å². The summed E-state index contributed by atoms with van der Waals surface area (Å²) in [5, 5.41) is 8.14. The van der Waals surface area contributed by atoms with Crippen molar-refractivity contribution in [2.75, 3.05) is 48.3 Å². The molecule has 2 saturated heterocycles. The molecule has 2 aliphatic rings. The minimum Gasteiger partial charge on any atom is -0.756 e. The van der Waals surface area contributed by atoms with Gasteiger partial charge in [-0.1, -0.05) is 41.5 Å². The minimum absolute atomic E-state index is 0. The van der Waals surface area contributed by atoms with Gasteiger partial charge in [0.1, 0.15) is 64.6 Å². The molecule has 4 rings (SSSR count). The number of ether oxygens (including phenoxy) is 6. The second-order valence-electron chi connectivity index (χ2n) is 10.2. The monoisotopic (exact) mass is 757 g/mol. The van der Waals surface area contributed by atoms with Crippen LogP contribution in [0.3, 0.4) is 0 Å². The van der Waals surface area contributed by atoms with Gasteiger partial charge in [-0.25, -0.2) is 4.68 Å². The third-order valence-corrected chi connectivity index (χ3v) is 8.76. The van der Waals surface area contributed by atoms with E-state index in [1.54, 1.807) is 10.9 Å². The Balaban J connectivity index is 0.000000522. The molecule has 0 saturated carbocycles. The average Bonchev–Trinajstić information content (AvgIpc) is 3.71. The molecule has 0 spiro atoms. The van der Waals surface area contributed by atoms with Crippen molar-refractivity contribution in [2.24, 2.45) is 0 Å². The van der Waals surface area contributed by atoms with Gasteiger partial charge in [0.2, 0.25) is 0 Å². The molecular weight excluding hydrogens is 720 g/mol. The molecule has 0 aliphatic carbocycles. The molecule has 2 aromatic rings. The average molecular weight is 757 g/mol. The fraction of sp³-hybridized carbons (Fsp3) is 0.630. The predicted molar refractivity (Wildman–Crippen MR) is 164 cm³/mol. The van der Waals surface area contributed by atoms with Crippen LogP contribution in [-0.2, 0) is 68.8 Å². The smallest absolute Gasteiger partial charge is 0.756 e. The van der Waals surface area contributed by atoms with E-state index < -0.39 is 64.3 Å². The molecule has 0 amide bonds. The van der Waals surface area contributed by atoms with E-state index in [1.807, 2.05) is 30.3 Å². The van der Waals surface area contributed by atoms with Crippen molar-refractivity contribution in [1.29, 1.82) is 0 Å². The SMILES string of the molecule is [B][C@@H]1O[C@H](COC)[C@H](OP(=O)([O-])OC)C1OCC#C.[B][C@@H]1O[C@H](COC)[C@H](OP(=O)([O-])OC)C1OCc1cn(Cc2ccccc2)nn1.[Na+].[Na+]. The Morgan fingerprint density at radius 2 is 1.36 bits per heavy atom. The first-order chi connectivity index (χ1) is 22.9. The zero-order valence-corrected chi connectivity index (χ0v) is 34.6. The summed E-state index contributed by atoms with van der Waals surface area (Å²) in [6, 6.07) is 8.04. The molecule has 4 unspecified atom stereocenters. The molecular formula is C27H37B2N3Na2O14P2. The Bertz CT molecular complexity index is 1400. The van der Waals surface area contributed by atoms with Crippen LogP contribution in [0, 0.1) is 12.3 Å². The Morgan fingerprint density at radius 1 is 0.860 bits per heavy atom. The maximum atomic E-state index is 11.8. The van der Waals surface area contributed by atoms with Crippen LogP contribution in [0.5, 0.6) is 0 Å². The van der Waals surface area contributed by atoms with Gasteiger partial charge in [0.15, 0.2) is 0 Å². The van der Waals surface area contributed by atoms with Crippen molar-refractivity contribution in [2.45, 2.75) is 61.8 Å². The first-order valence-corrected chi connectivity index (χ1v) is 17.3. The van der Waals surface area contributed by atoms with Crippen LogP contribution >= 0.6 is 15.6 Å². The zero-order valence-electron chi connectivity index (χ0n) is 28.8. The van der Waals surface area contributed by atoms with Gasteiger partial charge in [0, 0.05) is 40.4 Å². The van der Waals surface area contributed by atoms with E-state index in [0.29, 0.717) is 12.2 Å². The fourth-order valence-corrected chi connectivity index (χ4v) is 5.98. The van der Waals surface area contributed by atoms with Crippen molar-refractivity contribution < 1.29 is 125 Å². The summed E-state index contributed by atoms with van der Waals surface area (Å²) >= 11 is 0. The summed E-state index contributed by atoms with van der Waals surface area (Å²) in [7, 11) is 7.59. The summed E-state index contributed by atoms with van der Waals surface area (Å²) in [5.41, 5.74) is 1.64. The molecule has 23 heteroatoms. The van der Waals surface area contributed by atoms with Crippen molar-refractivity contribution in [1.82, 2.24) is 15.0 Å². The molecule has 50 heavy (non-hydrogen) atoms. The molecule has 0 bridgehead atoms. The quantitative estimate of drug-likeness (QED) is 0.0837. The number of hydrogen-bond donors (Lipinski definition) is 0. The van der Waals surface area contributed by atoms with Crippen LogP contribution in [0.25, 0.3) is 0 Å². The summed E-state index contributed by atoms with van der Waals surface area (Å²) in [5.74, 6) is 2.26. The maximum Gasteiger partial charge on any atom is 1.00 e. The summed E-state index contributed by atoms with van der Waals surface area (Å²) < 4.78 is 75.3. The number of terminal acetylenes is 1. The molecule has 1 aromatic heterocycles. The summed E-state index contributed by atoms with van der Waals surface area (Å²) in [4.78, 5) is 23.2. The van der Waals surface area contributed by atoms with E-state index >= 15 is 0 Å². The number of phosphoric acid groups is 2. The third kappa shape index (κ3) is 15.0. The Kier molecular flexibility index (Phi) is 22.8.